The van der Waals surface area contributed by atoms with Crippen LogP contribution in [0.1, 0.15) is 10.4 Å². The lowest BCUT2D eigenvalue weighted by Gasteiger charge is -2.08. The molecular weight excluding hydrogens is 260 g/mol. The van der Waals surface area contributed by atoms with Crippen LogP contribution in [0, 0.1) is 0 Å². The monoisotopic (exact) mass is 274 g/mol. The normalized spacial score (nSPS) is 10.2. The molecule has 0 unspecified atom stereocenters. The third-order valence-electron chi connectivity index (χ3n) is 2.74. The van der Waals surface area contributed by atoms with Gasteiger partial charge in [0.25, 0.3) is 0 Å². The van der Waals surface area contributed by atoms with Crippen LogP contribution in [-0.2, 0) is 4.74 Å². The maximum absolute atomic E-state index is 11.7. The van der Waals surface area contributed by atoms with Crippen LogP contribution in [0.3, 0.4) is 0 Å². The Morgan fingerprint density at radius 3 is 2.30 bits per heavy atom. The van der Waals surface area contributed by atoms with Crippen LogP contribution in [-0.4, -0.2) is 34.5 Å². The van der Waals surface area contributed by atoms with Crippen molar-refractivity contribution in [1.82, 2.24) is 0 Å². The molecule has 0 bridgehead atoms. The zero-order valence-corrected chi connectivity index (χ0v) is 10.6. The van der Waals surface area contributed by atoms with E-state index in [0.29, 0.717) is 5.56 Å². The van der Waals surface area contributed by atoms with E-state index >= 15 is 0 Å². The summed E-state index contributed by atoms with van der Waals surface area (Å²) >= 11 is 0. The number of ether oxygens (including phenoxy) is 1. The molecule has 0 fully saturated rings. The van der Waals surface area contributed by atoms with Crippen molar-refractivity contribution in [2.24, 2.45) is 0 Å². The first-order chi connectivity index (χ1) is 9.61. The molecule has 104 valence electrons. The Kier molecular flexibility index (Phi) is 4.22. The zero-order valence-electron chi connectivity index (χ0n) is 10.6. The summed E-state index contributed by atoms with van der Waals surface area (Å²) in [5.74, 6) is -0.734. The smallest absolute Gasteiger partial charge is 0.342 e. The number of esters is 1. The molecule has 20 heavy (non-hydrogen) atoms. The summed E-state index contributed by atoms with van der Waals surface area (Å²) < 4.78 is 4.78. The van der Waals surface area contributed by atoms with Gasteiger partial charge in [-0.1, -0.05) is 18.2 Å². The standard InChI is InChI=1S/C15H14O5/c16-7-8-20-15(19)13-9-11(3-6-14(13)18)10-1-4-12(17)5-2-10/h1-6,9,16-18H,7-8H2. The SMILES string of the molecule is O=C(OCCO)c1cc(-c2ccc(O)cc2)ccc1O. The van der Waals surface area contributed by atoms with Crippen LogP contribution in [0.25, 0.3) is 11.1 Å². The summed E-state index contributed by atoms with van der Waals surface area (Å²) in [4.78, 5) is 11.7. The van der Waals surface area contributed by atoms with E-state index in [0.717, 1.165) is 5.56 Å². The maximum Gasteiger partial charge on any atom is 0.342 e. The van der Waals surface area contributed by atoms with Crippen LogP contribution in [0.2, 0.25) is 0 Å². The van der Waals surface area contributed by atoms with E-state index < -0.39 is 5.97 Å². The summed E-state index contributed by atoms with van der Waals surface area (Å²) in [6.07, 6.45) is 0. The van der Waals surface area contributed by atoms with Gasteiger partial charge in [0.15, 0.2) is 0 Å². The molecule has 2 aromatic rings. The van der Waals surface area contributed by atoms with Gasteiger partial charge in [-0.05, 0) is 35.4 Å². The molecule has 2 rings (SSSR count). The van der Waals surface area contributed by atoms with Crippen molar-refractivity contribution in [3.63, 3.8) is 0 Å². The van der Waals surface area contributed by atoms with Gasteiger partial charge in [0.05, 0.1) is 6.61 Å². The molecule has 3 N–H and O–H groups in total. The average Bonchev–Trinajstić information content (AvgIpc) is 2.46. The number of aliphatic hydroxyl groups excluding tert-OH is 1. The van der Waals surface area contributed by atoms with Gasteiger partial charge in [0.2, 0.25) is 0 Å². The lowest BCUT2D eigenvalue weighted by atomic mass is 10.0. The molecule has 5 nitrogen and oxygen atoms in total. The van der Waals surface area contributed by atoms with Crippen LogP contribution in [0.4, 0.5) is 0 Å². The first kappa shape index (κ1) is 13.9. The summed E-state index contributed by atoms with van der Waals surface area (Å²) in [5, 5.41) is 27.6. The van der Waals surface area contributed by atoms with Crippen molar-refractivity contribution in [3.05, 3.63) is 48.0 Å². The molecule has 0 heterocycles. The van der Waals surface area contributed by atoms with Crippen molar-refractivity contribution in [1.29, 1.82) is 0 Å². The van der Waals surface area contributed by atoms with E-state index in [-0.39, 0.29) is 30.3 Å². The number of hydrogen-bond donors (Lipinski definition) is 3. The molecule has 0 spiro atoms. The Balaban J connectivity index is 2.33. The van der Waals surface area contributed by atoms with Crippen molar-refractivity contribution >= 4 is 5.97 Å². The Morgan fingerprint density at radius 2 is 1.65 bits per heavy atom. The highest BCUT2D eigenvalue weighted by Crippen LogP contribution is 2.27. The molecule has 0 aromatic heterocycles. The van der Waals surface area contributed by atoms with Gasteiger partial charge in [-0.3, -0.25) is 0 Å². The van der Waals surface area contributed by atoms with Gasteiger partial charge in [0, 0.05) is 0 Å². The van der Waals surface area contributed by atoms with Gasteiger partial charge < -0.3 is 20.1 Å². The Morgan fingerprint density at radius 1 is 1.00 bits per heavy atom. The zero-order chi connectivity index (χ0) is 14.5. The maximum atomic E-state index is 11.7. The van der Waals surface area contributed by atoms with Gasteiger partial charge in [-0.25, -0.2) is 4.79 Å². The number of carbonyl (C=O) groups is 1. The number of aliphatic hydroxyl groups is 1. The highest BCUT2D eigenvalue weighted by atomic mass is 16.5. The van der Waals surface area contributed by atoms with E-state index in [1.165, 1.54) is 24.3 Å². The third kappa shape index (κ3) is 3.07. The number of hydrogen-bond acceptors (Lipinski definition) is 5. The second-order valence-corrected chi connectivity index (χ2v) is 4.14. The minimum Gasteiger partial charge on any atom is -0.508 e. The predicted molar refractivity (Wildman–Crippen MR) is 72.6 cm³/mol. The molecule has 0 saturated carbocycles. The van der Waals surface area contributed by atoms with Crippen LogP contribution < -0.4 is 0 Å². The fraction of sp³-hybridized carbons (Fsp3) is 0.133. The number of phenols is 2. The molecule has 0 radical (unpaired) electrons. The van der Waals surface area contributed by atoms with Crippen molar-refractivity contribution in [2.45, 2.75) is 0 Å². The molecule has 0 amide bonds. The average molecular weight is 274 g/mol. The Hall–Kier alpha value is -2.53. The summed E-state index contributed by atoms with van der Waals surface area (Å²) in [7, 11) is 0. The van der Waals surface area contributed by atoms with Crippen molar-refractivity contribution in [2.75, 3.05) is 13.2 Å². The lowest BCUT2D eigenvalue weighted by Crippen LogP contribution is -2.09. The fourth-order valence-corrected chi connectivity index (χ4v) is 1.75. The number of carbonyl (C=O) groups excluding carboxylic acids is 1. The molecule has 0 aliphatic rings. The summed E-state index contributed by atoms with van der Waals surface area (Å²) in [6, 6.07) is 11.0. The molecule has 0 saturated heterocycles. The van der Waals surface area contributed by atoms with Gasteiger partial charge in [-0.15, -0.1) is 0 Å². The molecule has 0 aliphatic heterocycles. The van der Waals surface area contributed by atoms with E-state index in [2.05, 4.69) is 0 Å². The summed E-state index contributed by atoms with van der Waals surface area (Å²) in [6.45, 7) is -0.397. The molecule has 5 heteroatoms. The second kappa shape index (κ2) is 6.08. The first-order valence-corrected chi connectivity index (χ1v) is 6.02. The molecule has 2 aromatic carbocycles. The minimum absolute atomic E-state index is 0.0315. The predicted octanol–water partition coefficient (Wildman–Crippen LogP) is 1.91. The topological polar surface area (TPSA) is 87.0 Å². The Labute approximate surface area is 115 Å². The summed E-state index contributed by atoms with van der Waals surface area (Å²) in [5.41, 5.74) is 1.53. The highest BCUT2D eigenvalue weighted by molar-refractivity contribution is 5.94. The second-order valence-electron chi connectivity index (χ2n) is 4.14. The van der Waals surface area contributed by atoms with Crippen molar-refractivity contribution < 1.29 is 24.9 Å². The first-order valence-electron chi connectivity index (χ1n) is 6.02. The van der Waals surface area contributed by atoms with Gasteiger partial charge in [0.1, 0.15) is 23.7 Å². The highest BCUT2D eigenvalue weighted by Gasteiger charge is 2.14. The molecule has 0 aliphatic carbocycles. The van der Waals surface area contributed by atoms with Crippen LogP contribution >= 0.6 is 0 Å². The largest absolute Gasteiger partial charge is 0.508 e. The van der Waals surface area contributed by atoms with E-state index in [1.807, 2.05) is 0 Å². The van der Waals surface area contributed by atoms with Crippen molar-refractivity contribution in [3.8, 4) is 22.6 Å². The van der Waals surface area contributed by atoms with E-state index in [1.54, 1.807) is 18.2 Å². The third-order valence-corrected chi connectivity index (χ3v) is 2.74. The number of phenolic OH excluding ortho intramolecular Hbond substituents is 2. The van der Waals surface area contributed by atoms with E-state index in [4.69, 9.17) is 9.84 Å². The lowest BCUT2D eigenvalue weighted by molar-refractivity contribution is 0.0430. The number of aromatic hydroxyl groups is 2. The quantitative estimate of drug-likeness (QED) is 0.741. The van der Waals surface area contributed by atoms with Gasteiger partial charge >= 0.3 is 5.97 Å². The van der Waals surface area contributed by atoms with Crippen LogP contribution in [0.5, 0.6) is 11.5 Å². The number of rotatable bonds is 4. The minimum atomic E-state index is -0.697. The van der Waals surface area contributed by atoms with Gasteiger partial charge in [-0.2, -0.15) is 0 Å². The fourth-order valence-electron chi connectivity index (χ4n) is 1.75. The van der Waals surface area contributed by atoms with Crippen LogP contribution in [0.15, 0.2) is 42.5 Å². The number of benzene rings is 2. The van der Waals surface area contributed by atoms with E-state index in [9.17, 15) is 15.0 Å². The molecule has 0 atom stereocenters. The molecular formula is C15H14O5. The Bertz CT molecular complexity index is 604.